The number of nitrogens with zero attached hydrogens (tertiary/aromatic N) is 2. The second-order valence-corrected chi connectivity index (χ2v) is 6.38. The maximum absolute atomic E-state index is 6.21. The van der Waals surface area contributed by atoms with Crippen LogP contribution in [0.1, 0.15) is 20.3 Å². The molecule has 0 bridgehead atoms. The summed E-state index contributed by atoms with van der Waals surface area (Å²) >= 11 is 0. The minimum Gasteiger partial charge on any atom is -0.497 e. The van der Waals surface area contributed by atoms with Crippen LogP contribution in [0.15, 0.2) is 24.3 Å². The Labute approximate surface area is 128 Å². The molecule has 1 heterocycles. The third-order valence-corrected chi connectivity index (χ3v) is 4.08. The Bertz CT molecular complexity index is 411. The number of hydrogen-bond acceptors (Lipinski definition) is 4. The van der Waals surface area contributed by atoms with E-state index in [1.165, 1.54) is 5.69 Å². The molecule has 1 aliphatic heterocycles. The monoisotopic (exact) mass is 291 g/mol. The Morgan fingerprint density at radius 2 is 1.71 bits per heavy atom. The first-order chi connectivity index (χ1) is 10.1. The Morgan fingerprint density at radius 1 is 1.10 bits per heavy atom. The Balaban J connectivity index is 1.79. The largest absolute Gasteiger partial charge is 0.497 e. The average molecular weight is 291 g/mol. The summed E-state index contributed by atoms with van der Waals surface area (Å²) in [5.74, 6) is 1.60. The molecule has 0 amide bonds. The average Bonchev–Trinajstić information content (AvgIpc) is 2.47. The smallest absolute Gasteiger partial charge is 0.119 e. The second kappa shape index (κ2) is 7.66. The topological polar surface area (TPSA) is 41.7 Å². The van der Waals surface area contributed by atoms with E-state index in [1.807, 2.05) is 12.1 Å². The van der Waals surface area contributed by atoms with Gasteiger partial charge < -0.3 is 15.4 Å². The normalized spacial score (nSPS) is 18.0. The van der Waals surface area contributed by atoms with Crippen molar-refractivity contribution < 1.29 is 4.74 Å². The van der Waals surface area contributed by atoms with Crippen LogP contribution in [0.3, 0.4) is 0 Å². The maximum atomic E-state index is 6.21. The minimum absolute atomic E-state index is 0.303. The van der Waals surface area contributed by atoms with Crippen LogP contribution in [-0.2, 0) is 0 Å². The van der Waals surface area contributed by atoms with Crippen molar-refractivity contribution in [2.45, 2.75) is 26.3 Å². The zero-order chi connectivity index (χ0) is 15.2. The zero-order valence-corrected chi connectivity index (χ0v) is 13.6. The summed E-state index contributed by atoms with van der Waals surface area (Å²) in [6, 6.07) is 8.64. The standard InChI is InChI=1S/C17H29N3O/c1-14(2)12-15(18)13-19-8-10-20(11-9-19)16-4-6-17(21-3)7-5-16/h4-7,14-15H,8-13,18H2,1-3H3. The van der Waals surface area contributed by atoms with Gasteiger partial charge in [0.25, 0.3) is 0 Å². The summed E-state index contributed by atoms with van der Waals surface area (Å²) in [4.78, 5) is 4.93. The van der Waals surface area contributed by atoms with Crippen LogP contribution in [0.4, 0.5) is 5.69 Å². The van der Waals surface area contributed by atoms with E-state index >= 15 is 0 Å². The first-order valence-electron chi connectivity index (χ1n) is 7.95. The van der Waals surface area contributed by atoms with E-state index in [9.17, 15) is 0 Å². The first-order valence-corrected chi connectivity index (χ1v) is 7.95. The molecule has 1 atom stereocenters. The molecule has 0 aromatic heterocycles. The number of nitrogens with two attached hydrogens (primary N) is 1. The summed E-state index contributed by atoms with van der Waals surface area (Å²) in [5, 5.41) is 0. The number of rotatable bonds is 6. The third kappa shape index (κ3) is 4.90. The van der Waals surface area contributed by atoms with Crippen molar-refractivity contribution in [3.05, 3.63) is 24.3 Å². The number of anilines is 1. The fourth-order valence-corrected chi connectivity index (χ4v) is 2.99. The predicted octanol–water partition coefficient (Wildman–Crippen LogP) is 2.19. The van der Waals surface area contributed by atoms with Gasteiger partial charge in [0, 0.05) is 44.5 Å². The molecule has 2 rings (SSSR count). The highest BCUT2D eigenvalue weighted by molar-refractivity contribution is 5.49. The van der Waals surface area contributed by atoms with E-state index in [-0.39, 0.29) is 0 Å². The van der Waals surface area contributed by atoms with E-state index in [4.69, 9.17) is 10.5 Å². The molecule has 1 aromatic carbocycles. The van der Waals surface area contributed by atoms with Crippen LogP contribution in [0.5, 0.6) is 5.75 Å². The molecular weight excluding hydrogens is 262 g/mol. The van der Waals surface area contributed by atoms with Crippen LogP contribution in [0.2, 0.25) is 0 Å². The molecule has 0 spiro atoms. The van der Waals surface area contributed by atoms with Gasteiger partial charge in [0.05, 0.1) is 7.11 Å². The number of ether oxygens (including phenoxy) is 1. The first kappa shape index (κ1) is 16.1. The van der Waals surface area contributed by atoms with Gasteiger partial charge in [-0.1, -0.05) is 13.8 Å². The molecule has 1 saturated heterocycles. The molecule has 1 unspecified atom stereocenters. The van der Waals surface area contributed by atoms with Crippen molar-refractivity contribution in [3.63, 3.8) is 0 Å². The van der Waals surface area contributed by atoms with Gasteiger partial charge in [0.15, 0.2) is 0 Å². The van der Waals surface area contributed by atoms with E-state index in [2.05, 4.69) is 35.8 Å². The molecule has 21 heavy (non-hydrogen) atoms. The van der Waals surface area contributed by atoms with Crippen LogP contribution in [0.25, 0.3) is 0 Å². The lowest BCUT2D eigenvalue weighted by molar-refractivity contribution is 0.233. The molecular formula is C17H29N3O. The lowest BCUT2D eigenvalue weighted by Gasteiger charge is -2.37. The number of hydrogen-bond donors (Lipinski definition) is 1. The molecule has 118 valence electrons. The van der Waals surface area contributed by atoms with Crippen molar-refractivity contribution in [3.8, 4) is 5.75 Å². The molecule has 4 heteroatoms. The fraction of sp³-hybridized carbons (Fsp3) is 0.647. The third-order valence-electron chi connectivity index (χ3n) is 4.08. The van der Waals surface area contributed by atoms with Crippen LogP contribution < -0.4 is 15.4 Å². The SMILES string of the molecule is COc1ccc(N2CCN(CC(N)CC(C)C)CC2)cc1. The van der Waals surface area contributed by atoms with Crippen LogP contribution >= 0.6 is 0 Å². The quantitative estimate of drug-likeness (QED) is 0.872. The zero-order valence-electron chi connectivity index (χ0n) is 13.6. The van der Waals surface area contributed by atoms with Crippen molar-refractivity contribution in [2.24, 2.45) is 11.7 Å². The maximum Gasteiger partial charge on any atom is 0.119 e. The van der Waals surface area contributed by atoms with E-state index in [0.717, 1.165) is 44.9 Å². The van der Waals surface area contributed by atoms with Gasteiger partial charge in [-0.25, -0.2) is 0 Å². The minimum atomic E-state index is 0.303. The van der Waals surface area contributed by atoms with Gasteiger partial charge in [0.2, 0.25) is 0 Å². The van der Waals surface area contributed by atoms with Gasteiger partial charge >= 0.3 is 0 Å². The van der Waals surface area contributed by atoms with Crippen molar-refractivity contribution >= 4 is 5.69 Å². The second-order valence-electron chi connectivity index (χ2n) is 6.38. The Morgan fingerprint density at radius 3 is 2.24 bits per heavy atom. The van der Waals surface area contributed by atoms with Gasteiger partial charge in [0.1, 0.15) is 5.75 Å². The van der Waals surface area contributed by atoms with Crippen molar-refractivity contribution in [1.82, 2.24) is 4.90 Å². The summed E-state index contributed by atoms with van der Waals surface area (Å²) in [7, 11) is 1.70. The lowest BCUT2D eigenvalue weighted by atomic mass is 10.0. The summed E-state index contributed by atoms with van der Waals surface area (Å²) < 4.78 is 5.21. The molecule has 1 aromatic rings. The Kier molecular flexibility index (Phi) is 5.88. The van der Waals surface area contributed by atoms with Crippen LogP contribution in [-0.4, -0.2) is 50.8 Å². The highest BCUT2D eigenvalue weighted by Gasteiger charge is 2.19. The molecule has 1 aliphatic rings. The van der Waals surface area contributed by atoms with Gasteiger partial charge in [-0.15, -0.1) is 0 Å². The predicted molar refractivity (Wildman–Crippen MR) is 89.1 cm³/mol. The molecule has 1 fully saturated rings. The number of benzene rings is 1. The lowest BCUT2D eigenvalue weighted by Crippen LogP contribution is -2.50. The van der Waals surface area contributed by atoms with Crippen LogP contribution in [0, 0.1) is 5.92 Å². The summed E-state index contributed by atoms with van der Waals surface area (Å²) in [6.45, 7) is 9.83. The van der Waals surface area contributed by atoms with Gasteiger partial charge in [-0.2, -0.15) is 0 Å². The molecule has 0 saturated carbocycles. The van der Waals surface area contributed by atoms with E-state index in [0.29, 0.717) is 12.0 Å². The van der Waals surface area contributed by atoms with Gasteiger partial charge in [-0.3, -0.25) is 4.90 Å². The van der Waals surface area contributed by atoms with Crippen molar-refractivity contribution in [1.29, 1.82) is 0 Å². The number of methoxy groups -OCH3 is 1. The van der Waals surface area contributed by atoms with Gasteiger partial charge in [-0.05, 0) is 36.6 Å². The van der Waals surface area contributed by atoms with E-state index in [1.54, 1.807) is 7.11 Å². The highest BCUT2D eigenvalue weighted by atomic mass is 16.5. The molecule has 2 N–H and O–H groups in total. The number of piperazine rings is 1. The molecule has 4 nitrogen and oxygen atoms in total. The summed E-state index contributed by atoms with van der Waals surface area (Å²) in [5.41, 5.74) is 7.49. The summed E-state index contributed by atoms with van der Waals surface area (Å²) in [6.07, 6.45) is 1.11. The van der Waals surface area contributed by atoms with Crippen molar-refractivity contribution in [2.75, 3.05) is 44.7 Å². The molecule has 0 aliphatic carbocycles. The molecule has 0 radical (unpaired) electrons. The Hall–Kier alpha value is -1.26. The fourth-order valence-electron chi connectivity index (χ4n) is 2.99. The highest BCUT2D eigenvalue weighted by Crippen LogP contribution is 2.20. The van der Waals surface area contributed by atoms with E-state index < -0.39 is 0 Å².